The predicted octanol–water partition coefficient (Wildman–Crippen LogP) is 3.87. The number of fused-ring (bicyclic) bond motifs is 2. The van der Waals surface area contributed by atoms with Gasteiger partial charge in [0, 0.05) is 18.7 Å². The Balaban J connectivity index is 1.64. The van der Waals surface area contributed by atoms with E-state index in [0.29, 0.717) is 16.6 Å². The van der Waals surface area contributed by atoms with Gasteiger partial charge in [0.25, 0.3) is 5.91 Å². The first-order valence-corrected chi connectivity index (χ1v) is 9.45. The molecule has 1 amide bonds. The molecule has 172 valence electrons. The zero-order valence-electron chi connectivity index (χ0n) is 16.3. The number of nitrogens with zero attached hydrogens (tertiary/aromatic N) is 5. The minimum absolute atomic E-state index is 0.00109. The fourth-order valence-electron chi connectivity index (χ4n) is 3.91. The van der Waals surface area contributed by atoms with E-state index >= 15 is 0 Å². The molecule has 1 aliphatic rings. The third-order valence-electron chi connectivity index (χ3n) is 5.29. The first-order chi connectivity index (χ1) is 15.6. The summed E-state index contributed by atoms with van der Waals surface area (Å²) in [7, 11) is 0. The van der Waals surface area contributed by atoms with E-state index in [1.165, 1.54) is 24.5 Å². The van der Waals surface area contributed by atoms with Gasteiger partial charge in [-0.15, -0.1) is 0 Å². The highest BCUT2D eigenvalue weighted by Crippen LogP contribution is 2.38. The van der Waals surface area contributed by atoms with Crippen molar-refractivity contribution in [3.8, 4) is 0 Å². The third kappa shape index (κ3) is 3.41. The third-order valence-corrected chi connectivity index (χ3v) is 5.29. The summed E-state index contributed by atoms with van der Waals surface area (Å²) >= 11 is 0. The largest absolute Gasteiger partial charge is 0.438 e. The molecule has 14 heteroatoms. The van der Waals surface area contributed by atoms with Crippen molar-refractivity contribution in [2.24, 2.45) is 0 Å². The molecule has 4 aromatic rings. The lowest BCUT2D eigenvalue weighted by Crippen LogP contribution is -2.41. The number of pyridine rings is 1. The van der Waals surface area contributed by atoms with Gasteiger partial charge in [0.15, 0.2) is 12.1 Å². The summed E-state index contributed by atoms with van der Waals surface area (Å²) in [5, 5.41) is 4.05. The van der Waals surface area contributed by atoms with Gasteiger partial charge in [0.1, 0.15) is 11.7 Å². The number of amides is 1. The highest BCUT2D eigenvalue weighted by atomic mass is 19.4. The number of hydrogen-bond donors (Lipinski definition) is 1. The molecule has 0 saturated carbocycles. The van der Waals surface area contributed by atoms with E-state index in [1.54, 1.807) is 0 Å². The van der Waals surface area contributed by atoms with Crippen LogP contribution in [0.2, 0.25) is 0 Å². The monoisotopic (exact) mass is 470 g/mol. The van der Waals surface area contributed by atoms with Gasteiger partial charge in [-0.1, -0.05) is 6.07 Å². The molecule has 1 atom stereocenters. The Kier molecular flexibility index (Phi) is 4.51. The van der Waals surface area contributed by atoms with Crippen molar-refractivity contribution in [3.63, 3.8) is 0 Å². The number of alkyl halides is 6. The van der Waals surface area contributed by atoms with Gasteiger partial charge in [-0.3, -0.25) is 4.79 Å². The van der Waals surface area contributed by atoms with E-state index in [-0.39, 0.29) is 29.9 Å². The van der Waals surface area contributed by atoms with Crippen LogP contribution in [-0.4, -0.2) is 41.9 Å². The summed E-state index contributed by atoms with van der Waals surface area (Å²) in [6.07, 6.45) is -7.57. The maximum Gasteiger partial charge on any atom is 0.437 e. The Bertz CT molecular complexity index is 1350. The maximum atomic E-state index is 13.4. The van der Waals surface area contributed by atoms with Crippen molar-refractivity contribution < 1.29 is 35.6 Å². The van der Waals surface area contributed by atoms with Gasteiger partial charge in [0.05, 0.1) is 23.2 Å². The summed E-state index contributed by atoms with van der Waals surface area (Å²) in [5.41, 5.74) is -1.60. The molecular weight excluding hydrogens is 458 g/mol. The van der Waals surface area contributed by atoms with Crippen molar-refractivity contribution >= 4 is 11.4 Å². The lowest BCUT2D eigenvalue weighted by molar-refractivity contribution is -0.143. The molecule has 0 aliphatic carbocycles. The van der Waals surface area contributed by atoms with Gasteiger partial charge in [0.2, 0.25) is 5.76 Å². The average molecular weight is 470 g/mol. The molecule has 0 saturated heterocycles. The van der Waals surface area contributed by atoms with E-state index in [2.05, 4.69) is 20.1 Å². The average Bonchev–Trinajstić information content (AvgIpc) is 3.49. The number of imidazole rings is 1. The van der Waals surface area contributed by atoms with Crippen LogP contribution in [0.5, 0.6) is 0 Å². The predicted molar refractivity (Wildman–Crippen MR) is 96.9 cm³/mol. The van der Waals surface area contributed by atoms with E-state index in [9.17, 15) is 31.1 Å². The zero-order valence-corrected chi connectivity index (χ0v) is 16.3. The second kappa shape index (κ2) is 7.08. The van der Waals surface area contributed by atoms with Crippen molar-refractivity contribution in [3.05, 3.63) is 71.2 Å². The number of oxazole rings is 1. The number of aromatic nitrogens is 5. The lowest BCUT2D eigenvalue weighted by Gasteiger charge is -2.33. The van der Waals surface area contributed by atoms with Gasteiger partial charge in [-0.25, -0.2) is 14.5 Å². The molecule has 0 radical (unpaired) electrons. The van der Waals surface area contributed by atoms with E-state index in [1.807, 2.05) is 0 Å². The van der Waals surface area contributed by atoms with Gasteiger partial charge >= 0.3 is 12.4 Å². The fraction of sp³-hybridized carbons (Fsp3) is 0.263. The van der Waals surface area contributed by atoms with Crippen LogP contribution in [0.15, 0.2) is 41.4 Å². The van der Waals surface area contributed by atoms with Crippen LogP contribution in [-0.2, 0) is 18.8 Å². The topological polar surface area (TPSA) is 92.3 Å². The van der Waals surface area contributed by atoms with Crippen LogP contribution in [0.25, 0.3) is 5.52 Å². The van der Waals surface area contributed by atoms with Crippen LogP contribution in [0, 0.1) is 0 Å². The number of carbonyl (C=O) groups excluding carboxylic acids is 1. The summed E-state index contributed by atoms with van der Waals surface area (Å²) in [5.74, 6) is -2.15. The molecule has 4 aromatic heterocycles. The Labute approximate surface area is 179 Å². The second-order valence-corrected chi connectivity index (χ2v) is 7.26. The zero-order chi connectivity index (χ0) is 23.5. The highest BCUT2D eigenvalue weighted by molar-refractivity contribution is 5.93. The number of nitrogens with one attached hydrogen (secondary N) is 1. The highest BCUT2D eigenvalue weighted by Gasteiger charge is 2.44. The molecule has 1 N–H and O–H groups in total. The van der Waals surface area contributed by atoms with Crippen LogP contribution < -0.4 is 0 Å². The molecule has 0 spiro atoms. The number of hydrogen-bond acceptors (Lipinski definition) is 5. The minimum atomic E-state index is -4.94. The van der Waals surface area contributed by atoms with E-state index in [0.717, 1.165) is 11.0 Å². The molecule has 0 unspecified atom stereocenters. The molecule has 8 nitrogen and oxygen atoms in total. The summed E-state index contributed by atoms with van der Waals surface area (Å²) in [6, 6.07) is 3.62. The van der Waals surface area contributed by atoms with Crippen LogP contribution in [0.4, 0.5) is 26.3 Å². The first kappa shape index (κ1) is 21.0. The number of carbonyl (C=O) groups is 1. The molecule has 33 heavy (non-hydrogen) atoms. The summed E-state index contributed by atoms with van der Waals surface area (Å²) < 4.78 is 85.6. The molecule has 0 aromatic carbocycles. The quantitative estimate of drug-likeness (QED) is 0.449. The molecule has 1 aliphatic heterocycles. The van der Waals surface area contributed by atoms with Crippen LogP contribution >= 0.6 is 0 Å². The van der Waals surface area contributed by atoms with Gasteiger partial charge in [-0.2, -0.15) is 31.4 Å². The Morgan fingerprint density at radius 1 is 1.12 bits per heavy atom. The van der Waals surface area contributed by atoms with Crippen molar-refractivity contribution in [1.29, 1.82) is 0 Å². The number of rotatable bonds is 2. The molecule has 0 fully saturated rings. The molecular formula is C19H12F6N6O2. The molecule has 5 heterocycles. The number of halogens is 6. The van der Waals surface area contributed by atoms with Crippen molar-refractivity contribution in [2.75, 3.05) is 6.54 Å². The first-order valence-electron chi connectivity index (χ1n) is 9.45. The van der Waals surface area contributed by atoms with Gasteiger partial charge in [-0.05, 0) is 18.2 Å². The summed E-state index contributed by atoms with van der Waals surface area (Å²) in [4.78, 5) is 24.3. The van der Waals surface area contributed by atoms with Crippen molar-refractivity contribution in [2.45, 2.75) is 24.8 Å². The molecule has 0 bridgehead atoms. The Morgan fingerprint density at radius 3 is 2.64 bits per heavy atom. The second-order valence-electron chi connectivity index (χ2n) is 7.26. The van der Waals surface area contributed by atoms with Crippen LogP contribution in [0.1, 0.15) is 45.1 Å². The van der Waals surface area contributed by atoms with E-state index < -0.39 is 41.4 Å². The number of H-pyrrole nitrogens is 1. The van der Waals surface area contributed by atoms with Crippen LogP contribution in [0.3, 0.4) is 0 Å². The Hall–Kier alpha value is -3.84. The van der Waals surface area contributed by atoms with E-state index in [4.69, 9.17) is 4.42 Å². The summed E-state index contributed by atoms with van der Waals surface area (Å²) in [6.45, 7) is -0.0588. The minimum Gasteiger partial charge on any atom is -0.438 e. The standard InChI is InChI=1S/C19H12F6N6O2/c20-18(21,22)12-3-1-2-9-6-11(29-31(9)12)14-13-10(26-7-27-13)4-5-30(14)17(32)15-16(19(23,24)25)28-8-33-15/h1-3,6-8,14H,4-5H2,(H,26,27)/t14-/m0/s1. The normalized spacial score (nSPS) is 16.9. The van der Waals surface area contributed by atoms with Gasteiger partial charge < -0.3 is 14.3 Å². The maximum absolute atomic E-state index is 13.4. The fourth-order valence-corrected chi connectivity index (χ4v) is 3.91. The smallest absolute Gasteiger partial charge is 0.437 e. The SMILES string of the molecule is O=C(c1ocnc1C(F)(F)F)N1CCc2[nH]cnc2[C@@H]1c1cc2cccc(C(F)(F)F)n2n1. The lowest BCUT2D eigenvalue weighted by atomic mass is 9.99. The van der Waals surface area contributed by atoms with Crippen molar-refractivity contribution in [1.82, 2.24) is 29.5 Å². The number of aromatic amines is 1. The molecule has 5 rings (SSSR count). The Morgan fingerprint density at radius 2 is 1.91 bits per heavy atom.